The highest BCUT2D eigenvalue weighted by molar-refractivity contribution is 9.10. The van der Waals surface area contributed by atoms with Crippen LogP contribution in [-0.4, -0.2) is 36.0 Å². The van der Waals surface area contributed by atoms with Crippen LogP contribution in [-0.2, 0) is 0 Å². The van der Waals surface area contributed by atoms with E-state index in [4.69, 9.17) is 4.74 Å². The molecule has 0 saturated heterocycles. The second kappa shape index (κ2) is 6.95. The lowest BCUT2D eigenvalue weighted by atomic mass is 10.3. The first-order valence-electron chi connectivity index (χ1n) is 6.04. The molecule has 0 saturated carbocycles. The van der Waals surface area contributed by atoms with Gasteiger partial charge in [-0.05, 0) is 46.3 Å². The number of aromatic nitrogens is 1. The van der Waals surface area contributed by atoms with Crippen molar-refractivity contribution < 1.29 is 9.53 Å². The second-order valence-corrected chi connectivity index (χ2v) is 6.09. The molecule has 0 radical (unpaired) electrons. The number of ether oxygens (including phenoxy) is 1. The standard InChI is InChI=1S/C14H14Br2N2O2/c1-18(14(19)13-8-11(16)9-17-13)6-7-20-12-4-2-10(15)3-5-12/h2-5,8-9,17H,6-7H2,1H3. The van der Waals surface area contributed by atoms with Gasteiger partial charge in [0.1, 0.15) is 18.1 Å². The topological polar surface area (TPSA) is 45.3 Å². The van der Waals surface area contributed by atoms with Gasteiger partial charge in [0, 0.05) is 22.2 Å². The Morgan fingerprint density at radius 2 is 1.95 bits per heavy atom. The van der Waals surface area contributed by atoms with Crippen LogP contribution in [0.15, 0.2) is 45.5 Å². The third-order valence-corrected chi connectivity index (χ3v) is 3.72. The predicted molar refractivity (Wildman–Crippen MR) is 85.1 cm³/mol. The van der Waals surface area contributed by atoms with Crippen molar-refractivity contribution in [2.45, 2.75) is 0 Å². The minimum Gasteiger partial charge on any atom is -0.492 e. The van der Waals surface area contributed by atoms with Crippen LogP contribution in [0.5, 0.6) is 5.75 Å². The summed E-state index contributed by atoms with van der Waals surface area (Å²) in [4.78, 5) is 16.6. The average molecular weight is 402 g/mol. The number of amides is 1. The molecule has 0 unspecified atom stereocenters. The SMILES string of the molecule is CN(CCOc1ccc(Br)cc1)C(=O)c1cc(Br)c[nH]1. The van der Waals surface area contributed by atoms with Crippen molar-refractivity contribution in [2.75, 3.05) is 20.2 Å². The maximum atomic E-state index is 12.1. The average Bonchev–Trinajstić information content (AvgIpc) is 2.86. The molecule has 106 valence electrons. The number of likely N-dealkylation sites (N-methyl/N-ethyl adjacent to an activating group) is 1. The number of carbonyl (C=O) groups excluding carboxylic acids is 1. The molecule has 0 fully saturated rings. The minimum absolute atomic E-state index is 0.0601. The lowest BCUT2D eigenvalue weighted by molar-refractivity contribution is 0.0768. The molecule has 0 aliphatic heterocycles. The van der Waals surface area contributed by atoms with Crippen LogP contribution in [0, 0.1) is 0 Å². The lowest BCUT2D eigenvalue weighted by Crippen LogP contribution is -2.31. The highest BCUT2D eigenvalue weighted by Gasteiger charge is 2.13. The molecule has 0 aliphatic rings. The van der Waals surface area contributed by atoms with Gasteiger partial charge in [-0.1, -0.05) is 15.9 Å². The molecule has 1 aromatic heterocycles. The number of nitrogens with one attached hydrogen (secondary N) is 1. The first kappa shape index (κ1) is 15.1. The molecule has 2 rings (SSSR count). The van der Waals surface area contributed by atoms with E-state index in [0.717, 1.165) is 14.7 Å². The van der Waals surface area contributed by atoms with Crippen molar-refractivity contribution in [1.29, 1.82) is 0 Å². The fourth-order valence-corrected chi connectivity index (χ4v) is 2.24. The first-order valence-corrected chi connectivity index (χ1v) is 7.62. The molecule has 0 aliphatic carbocycles. The molecule has 1 amide bonds. The maximum Gasteiger partial charge on any atom is 0.270 e. The van der Waals surface area contributed by atoms with E-state index in [-0.39, 0.29) is 5.91 Å². The van der Waals surface area contributed by atoms with Crippen LogP contribution in [0.1, 0.15) is 10.5 Å². The molecule has 1 aromatic carbocycles. The summed E-state index contributed by atoms with van der Waals surface area (Å²) in [7, 11) is 1.75. The normalized spacial score (nSPS) is 10.3. The summed E-state index contributed by atoms with van der Waals surface area (Å²) in [5, 5.41) is 0. The van der Waals surface area contributed by atoms with E-state index in [1.807, 2.05) is 24.3 Å². The van der Waals surface area contributed by atoms with Gasteiger partial charge in [-0.15, -0.1) is 0 Å². The maximum absolute atomic E-state index is 12.1. The molecule has 4 nitrogen and oxygen atoms in total. The zero-order valence-electron chi connectivity index (χ0n) is 10.9. The summed E-state index contributed by atoms with van der Waals surface area (Å²) in [6.07, 6.45) is 1.74. The number of hydrogen-bond acceptors (Lipinski definition) is 2. The molecule has 2 aromatic rings. The Balaban J connectivity index is 1.81. The van der Waals surface area contributed by atoms with Gasteiger partial charge in [-0.2, -0.15) is 0 Å². The molecule has 20 heavy (non-hydrogen) atoms. The van der Waals surface area contributed by atoms with Crippen LogP contribution >= 0.6 is 31.9 Å². The summed E-state index contributed by atoms with van der Waals surface area (Å²) in [5.74, 6) is 0.728. The van der Waals surface area contributed by atoms with Gasteiger partial charge in [-0.25, -0.2) is 0 Å². The quantitative estimate of drug-likeness (QED) is 0.830. The number of rotatable bonds is 5. The smallest absolute Gasteiger partial charge is 0.270 e. The number of nitrogens with zero attached hydrogens (tertiary/aromatic N) is 1. The van der Waals surface area contributed by atoms with Crippen LogP contribution < -0.4 is 4.74 Å². The molecule has 0 atom stereocenters. The van der Waals surface area contributed by atoms with E-state index in [1.165, 1.54) is 0 Å². The van der Waals surface area contributed by atoms with E-state index in [0.29, 0.717) is 18.8 Å². The van der Waals surface area contributed by atoms with Gasteiger partial charge in [0.2, 0.25) is 0 Å². The zero-order chi connectivity index (χ0) is 14.5. The molecule has 6 heteroatoms. The third-order valence-electron chi connectivity index (χ3n) is 2.73. The molecule has 1 N–H and O–H groups in total. The molecular weight excluding hydrogens is 388 g/mol. The Hall–Kier alpha value is -1.27. The fraction of sp³-hybridized carbons (Fsp3) is 0.214. The van der Waals surface area contributed by atoms with E-state index in [9.17, 15) is 4.79 Å². The van der Waals surface area contributed by atoms with E-state index < -0.39 is 0 Å². The Kier molecular flexibility index (Phi) is 5.25. The van der Waals surface area contributed by atoms with Crippen molar-refractivity contribution in [3.05, 3.63) is 51.2 Å². The Bertz CT molecular complexity index is 581. The number of halogens is 2. The predicted octanol–water partition coefficient (Wildman–Crippen LogP) is 3.69. The van der Waals surface area contributed by atoms with Crippen LogP contribution in [0.4, 0.5) is 0 Å². The van der Waals surface area contributed by atoms with Crippen molar-refractivity contribution in [3.8, 4) is 5.75 Å². The first-order chi connectivity index (χ1) is 9.56. The number of carbonyl (C=O) groups is 1. The van der Waals surface area contributed by atoms with Gasteiger partial charge < -0.3 is 14.6 Å². The summed E-state index contributed by atoms with van der Waals surface area (Å²) in [5.41, 5.74) is 0.558. The molecule has 0 spiro atoms. The summed E-state index contributed by atoms with van der Waals surface area (Å²) < 4.78 is 7.46. The van der Waals surface area contributed by atoms with E-state index in [2.05, 4.69) is 36.8 Å². The third kappa shape index (κ3) is 4.11. The number of benzene rings is 1. The van der Waals surface area contributed by atoms with Crippen LogP contribution in [0.25, 0.3) is 0 Å². The fourth-order valence-electron chi connectivity index (χ4n) is 1.63. The van der Waals surface area contributed by atoms with Gasteiger partial charge in [0.05, 0.1) is 6.54 Å². The Labute approximate surface area is 134 Å². The van der Waals surface area contributed by atoms with Gasteiger partial charge in [-0.3, -0.25) is 4.79 Å². The number of hydrogen-bond donors (Lipinski definition) is 1. The Morgan fingerprint density at radius 3 is 2.55 bits per heavy atom. The summed E-state index contributed by atoms with van der Waals surface area (Å²) in [6, 6.07) is 9.36. The Morgan fingerprint density at radius 1 is 1.25 bits per heavy atom. The molecule has 1 heterocycles. The number of H-pyrrole nitrogens is 1. The summed E-state index contributed by atoms with van der Waals surface area (Å²) in [6.45, 7) is 0.970. The largest absolute Gasteiger partial charge is 0.492 e. The second-order valence-electron chi connectivity index (χ2n) is 4.26. The van der Waals surface area contributed by atoms with Crippen molar-refractivity contribution >= 4 is 37.8 Å². The zero-order valence-corrected chi connectivity index (χ0v) is 14.1. The van der Waals surface area contributed by atoms with Gasteiger partial charge >= 0.3 is 0 Å². The highest BCUT2D eigenvalue weighted by Crippen LogP contribution is 2.16. The lowest BCUT2D eigenvalue weighted by Gasteiger charge is -2.16. The highest BCUT2D eigenvalue weighted by atomic mass is 79.9. The van der Waals surface area contributed by atoms with E-state index in [1.54, 1.807) is 24.2 Å². The van der Waals surface area contributed by atoms with Crippen LogP contribution in [0.3, 0.4) is 0 Å². The molecule has 0 bridgehead atoms. The van der Waals surface area contributed by atoms with Crippen LogP contribution in [0.2, 0.25) is 0 Å². The minimum atomic E-state index is -0.0601. The molecular formula is C14H14Br2N2O2. The van der Waals surface area contributed by atoms with Crippen molar-refractivity contribution in [2.24, 2.45) is 0 Å². The van der Waals surface area contributed by atoms with Gasteiger partial charge in [0.15, 0.2) is 0 Å². The van der Waals surface area contributed by atoms with Crippen molar-refractivity contribution in [3.63, 3.8) is 0 Å². The monoisotopic (exact) mass is 400 g/mol. The van der Waals surface area contributed by atoms with Crippen molar-refractivity contribution in [1.82, 2.24) is 9.88 Å². The van der Waals surface area contributed by atoms with Gasteiger partial charge in [0.25, 0.3) is 5.91 Å². The van der Waals surface area contributed by atoms with E-state index >= 15 is 0 Å². The summed E-state index contributed by atoms with van der Waals surface area (Å²) >= 11 is 6.68. The number of aromatic amines is 1.